The molecule has 1 aromatic rings. The molecular weight excluding hydrogens is 202 g/mol. The minimum absolute atomic E-state index is 0.00569. The number of aromatic nitrogens is 1. The average molecular weight is 221 g/mol. The molecule has 1 fully saturated rings. The number of nitrogens with one attached hydrogen (secondary N) is 1. The van der Waals surface area contributed by atoms with E-state index in [0.29, 0.717) is 6.54 Å². The normalized spacial score (nSPS) is 18.6. The lowest BCUT2D eigenvalue weighted by Crippen LogP contribution is -2.51. The molecule has 0 aliphatic heterocycles. The summed E-state index contributed by atoms with van der Waals surface area (Å²) >= 11 is 0. The van der Waals surface area contributed by atoms with Crippen LogP contribution in [0.1, 0.15) is 31.2 Å². The standard InChI is InChI=1S/C12H19N3O/c1-15-7-4-10(9-15)8-14-11(16)12(13)5-2-3-6-12/h4,7,9H,2-3,5-6,8,13H2,1H3,(H,14,16). The van der Waals surface area contributed by atoms with Crippen LogP contribution in [0.5, 0.6) is 0 Å². The highest BCUT2D eigenvalue weighted by Gasteiger charge is 2.36. The second kappa shape index (κ2) is 4.29. The Morgan fingerprint density at radius 1 is 1.56 bits per heavy atom. The Hall–Kier alpha value is -1.29. The summed E-state index contributed by atoms with van der Waals surface area (Å²) < 4.78 is 1.97. The van der Waals surface area contributed by atoms with E-state index in [1.807, 2.05) is 30.1 Å². The Morgan fingerprint density at radius 3 is 2.81 bits per heavy atom. The van der Waals surface area contributed by atoms with E-state index in [9.17, 15) is 4.79 Å². The van der Waals surface area contributed by atoms with Gasteiger partial charge in [0.05, 0.1) is 5.54 Å². The first-order valence-electron chi connectivity index (χ1n) is 5.78. The monoisotopic (exact) mass is 221 g/mol. The molecule has 1 aliphatic rings. The molecule has 0 saturated heterocycles. The third-order valence-electron chi connectivity index (χ3n) is 3.29. The van der Waals surface area contributed by atoms with Crippen LogP contribution in [0.2, 0.25) is 0 Å². The van der Waals surface area contributed by atoms with Crippen molar-refractivity contribution in [2.45, 2.75) is 37.8 Å². The van der Waals surface area contributed by atoms with Crippen LogP contribution in [-0.2, 0) is 18.4 Å². The highest BCUT2D eigenvalue weighted by atomic mass is 16.2. The maximum atomic E-state index is 11.9. The van der Waals surface area contributed by atoms with Crippen LogP contribution >= 0.6 is 0 Å². The van der Waals surface area contributed by atoms with Crippen LogP contribution in [0.15, 0.2) is 18.5 Å². The van der Waals surface area contributed by atoms with E-state index in [-0.39, 0.29) is 5.91 Å². The van der Waals surface area contributed by atoms with Gasteiger partial charge in [-0.15, -0.1) is 0 Å². The summed E-state index contributed by atoms with van der Waals surface area (Å²) in [5.41, 5.74) is 6.55. The van der Waals surface area contributed by atoms with Crippen molar-refractivity contribution < 1.29 is 4.79 Å². The molecule has 0 bridgehead atoms. The van der Waals surface area contributed by atoms with Crippen molar-refractivity contribution >= 4 is 5.91 Å². The molecule has 1 heterocycles. The number of carbonyl (C=O) groups excluding carboxylic acids is 1. The van der Waals surface area contributed by atoms with E-state index in [0.717, 1.165) is 31.2 Å². The van der Waals surface area contributed by atoms with Gasteiger partial charge in [0.15, 0.2) is 0 Å². The lowest BCUT2D eigenvalue weighted by atomic mass is 9.98. The van der Waals surface area contributed by atoms with Gasteiger partial charge in [-0.3, -0.25) is 4.79 Å². The van der Waals surface area contributed by atoms with Gasteiger partial charge in [-0.2, -0.15) is 0 Å². The van der Waals surface area contributed by atoms with Crippen molar-refractivity contribution in [3.8, 4) is 0 Å². The number of aryl methyl sites for hydroxylation is 1. The van der Waals surface area contributed by atoms with Crippen LogP contribution in [0.25, 0.3) is 0 Å². The molecule has 0 radical (unpaired) electrons. The number of carbonyl (C=O) groups is 1. The zero-order valence-electron chi connectivity index (χ0n) is 9.70. The van der Waals surface area contributed by atoms with Crippen LogP contribution in [-0.4, -0.2) is 16.0 Å². The molecule has 16 heavy (non-hydrogen) atoms. The van der Waals surface area contributed by atoms with Gasteiger partial charge in [0, 0.05) is 26.0 Å². The minimum atomic E-state index is -0.616. The summed E-state index contributed by atoms with van der Waals surface area (Å²) in [5.74, 6) is -0.00569. The number of hydrogen-bond donors (Lipinski definition) is 2. The molecule has 1 aliphatic carbocycles. The summed E-state index contributed by atoms with van der Waals surface area (Å²) in [7, 11) is 1.96. The van der Waals surface area contributed by atoms with Crippen LogP contribution < -0.4 is 11.1 Å². The SMILES string of the molecule is Cn1ccc(CNC(=O)C2(N)CCCC2)c1. The molecule has 0 unspecified atom stereocenters. The van der Waals surface area contributed by atoms with Gasteiger partial charge in [-0.05, 0) is 24.5 Å². The molecule has 1 saturated carbocycles. The van der Waals surface area contributed by atoms with Crippen molar-refractivity contribution in [1.82, 2.24) is 9.88 Å². The minimum Gasteiger partial charge on any atom is -0.357 e. The number of hydrogen-bond acceptors (Lipinski definition) is 2. The van der Waals surface area contributed by atoms with Crippen LogP contribution in [0.3, 0.4) is 0 Å². The Morgan fingerprint density at radius 2 is 2.25 bits per heavy atom. The topological polar surface area (TPSA) is 60.0 Å². The third kappa shape index (κ3) is 2.27. The number of amides is 1. The Kier molecular flexibility index (Phi) is 3.01. The Balaban J connectivity index is 1.88. The lowest BCUT2D eigenvalue weighted by Gasteiger charge is -2.21. The summed E-state index contributed by atoms with van der Waals surface area (Å²) in [6.07, 6.45) is 7.72. The Labute approximate surface area is 95.8 Å². The van der Waals surface area contributed by atoms with Crippen LogP contribution in [0, 0.1) is 0 Å². The van der Waals surface area contributed by atoms with Crippen molar-refractivity contribution in [3.63, 3.8) is 0 Å². The predicted molar refractivity (Wildman–Crippen MR) is 62.6 cm³/mol. The third-order valence-corrected chi connectivity index (χ3v) is 3.29. The molecule has 4 heteroatoms. The molecule has 0 spiro atoms. The fourth-order valence-corrected chi connectivity index (χ4v) is 2.26. The second-order valence-electron chi connectivity index (χ2n) is 4.73. The predicted octanol–water partition coefficient (Wildman–Crippen LogP) is 0.913. The smallest absolute Gasteiger partial charge is 0.240 e. The first-order valence-corrected chi connectivity index (χ1v) is 5.78. The quantitative estimate of drug-likeness (QED) is 0.797. The molecule has 1 amide bonds. The van der Waals surface area contributed by atoms with Crippen molar-refractivity contribution in [2.75, 3.05) is 0 Å². The highest BCUT2D eigenvalue weighted by molar-refractivity contribution is 5.86. The summed E-state index contributed by atoms with van der Waals surface area (Å²) in [6, 6.07) is 2.00. The summed E-state index contributed by atoms with van der Waals surface area (Å²) in [4.78, 5) is 11.9. The first kappa shape index (κ1) is 11.2. The summed E-state index contributed by atoms with van der Waals surface area (Å²) in [5, 5.41) is 2.92. The summed E-state index contributed by atoms with van der Waals surface area (Å²) in [6.45, 7) is 0.568. The van der Waals surface area contributed by atoms with E-state index in [1.165, 1.54) is 0 Å². The molecular formula is C12H19N3O. The molecule has 88 valence electrons. The molecule has 0 aromatic carbocycles. The zero-order chi connectivity index (χ0) is 11.6. The first-order chi connectivity index (χ1) is 7.60. The van der Waals surface area contributed by atoms with E-state index in [4.69, 9.17) is 5.73 Å². The van der Waals surface area contributed by atoms with Gasteiger partial charge in [-0.1, -0.05) is 12.8 Å². The molecule has 2 rings (SSSR count). The average Bonchev–Trinajstić information content (AvgIpc) is 2.85. The van der Waals surface area contributed by atoms with Crippen molar-refractivity contribution in [3.05, 3.63) is 24.0 Å². The molecule has 3 N–H and O–H groups in total. The van der Waals surface area contributed by atoms with E-state index >= 15 is 0 Å². The highest BCUT2D eigenvalue weighted by Crippen LogP contribution is 2.27. The molecule has 0 atom stereocenters. The maximum Gasteiger partial charge on any atom is 0.240 e. The van der Waals surface area contributed by atoms with Gasteiger partial charge >= 0.3 is 0 Å². The number of nitrogens with two attached hydrogens (primary N) is 1. The van der Waals surface area contributed by atoms with Gasteiger partial charge < -0.3 is 15.6 Å². The number of rotatable bonds is 3. The number of nitrogens with zero attached hydrogens (tertiary/aromatic N) is 1. The largest absolute Gasteiger partial charge is 0.357 e. The lowest BCUT2D eigenvalue weighted by molar-refractivity contribution is -0.126. The second-order valence-corrected chi connectivity index (χ2v) is 4.73. The van der Waals surface area contributed by atoms with Gasteiger partial charge in [0.1, 0.15) is 0 Å². The van der Waals surface area contributed by atoms with Gasteiger partial charge in [-0.25, -0.2) is 0 Å². The Bertz CT molecular complexity index is 377. The molecule has 4 nitrogen and oxygen atoms in total. The van der Waals surface area contributed by atoms with Crippen molar-refractivity contribution in [2.24, 2.45) is 12.8 Å². The van der Waals surface area contributed by atoms with E-state index in [1.54, 1.807) is 0 Å². The van der Waals surface area contributed by atoms with E-state index < -0.39 is 5.54 Å². The fraction of sp³-hybridized carbons (Fsp3) is 0.583. The zero-order valence-corrected chi connectivity index (χ0v) is 9.70. The van der Waals surface area contributed by atoms with Crippen molar-refractivity contribution in [1.29, 1.82) is 0 Å². The van der Waals surface area contributed by atoms with Gasteiger partial charge in [0.2, 0.25) is 5.91 Å². The van der Waals surface area contributed by atoms with E-state index in [2.05, 4.69) is 5.32 Å². The fourth-order valence-electron chi connectivity index (χ4n) is 2.26. The molecule has 1 aromatic heterocycles. The van der Waals surface area contributed by atoms with Gasteiger partial charge in [0.25, 0.3) is 0 Å². The van der Waals surface area contributed by atoms with Crippen LogP contribution in [0.4, 0.5) is 0 Å². The maximum absolute atomic E-state index is 11.9.